The van der Waals surface area contributed by atoms with E-state index >= 15 is 0 Å². The van der Waals surface area contributed by atoms with E-state index in [0.717, 1.165) is 0 Å². The Balaban J connectivity index is 2.26. The number of ether oxygens (including phenoxy) is 1. The molecule has 1 aromatic carbocycles. The van der Waals surface area contributed by atoms with E-state index < -0.39 is 18.3 Å². The zero-order valence-corrected chi connectivity index (χ0v) is 15.8. The summed E-state index contributed by atoms with van der Waals surface area (Å²) in [6, 6.07) is 5.70. The number of methoxy groups -OCH3 is 1. The van der Waals surface area contributed by atoms with Gasteiger partial charge in [-0.25, -0.2) is 8.78 Å². The highest BCUT2D eigenvalue weighted by Crippen LogP contribution is 2.39. The highest BCUT2D eigenvalue weighted by molar-refractivity contribution is 7.14. The van der Waals surface area contributed by atoms with Gasteiger partial charge in [0.1, 0.15) is 5.75 Å². The number of aromatic nitrogens is 1. The minimum atomic E-state index is -2.67. The Morgan fingerprint density at radius 2 is 2.00 bits per heavy atom. The van der Waals surface area contributed by atoms with Gasteiger partial charge in [-0.2, -0.15) is 0 Å². The molecule has 2 aromatic heterocycles. The predicted molar refractivity (Wildman–Crippen MR) is 98.6 cm³/mol. The van der Waals surface area contributed by atoms with Crippen LogP contribution in [0.3, 0.4) is 0 Å². The van der Waals surface area contributed by atoms with Crippen molar-refractivity contribution >= 4 is 45.7 Å². The molecule has 0 amide bonds. The number of halogens is 3. The Kier molecular flexibility index (Phi) is 5.21. The number of hydrogen-bond acceptors (Lipinski definition) is 4. The van der Waals surface area contributed by atoms with Crippen LogP contribution in [0.25, 0.3) is 10.9 Å². The summed E-state index contributed by atoms with van der Waals surface area (Å²) in [6.45, 7) is 1.60. The number of carboxylic acids is 1. The molecule has 5 nitrogen and oxygen atoms in total. The average Bonchev–Trinajstić information content (AvgIpc) is 3.19. The number of thiophene rings is 1. The number of hydrogen-bond donors (Lipinski definition) is 1. The smallest absolute Gasteiger partial charge is 0.307 e. The van der Waals surface area contributed by atoms with E-state index in [1.54, 1.807) is 19.1 Å². The van der Waals surface area contributed by atoms with E-state index in [4.69, 9.17) is 16.3 Å². The molecule has 0 atom stereocenters. The average molecular weight is 414 g/mol. The summed E-state index contributed by atoms with van der Waals surface area (Å²) in [7, 11) is 1.43. The van der Waals surface area contributed by atoms with Crippen molar-refractivity contribution in [2.75, 3.05) is 7.11 Å². The summed E-state index contributed by atoms with van der Waals surface area (Å²) < 4.78 is 32.2. The van der Waals surface area contributed by atoms with Gasteiger partial charge >= 0.3 is 5.97 Å². The fourth-order valence-electron chi connectivity index (χ4n) is 3.00. The third-order valence-corrected chi connectivity index (χ3v) is 5.66. The first kappa shape index (κ1) is 19.3. The standard InChI is InChI=1S/C18H14ClF2NO4S/c1-8-9(7-14(23)24)15-10(3-4-11(26-2)16(15)19)22(8)18(25)13-6-5-12(27-13)17(20)21/h3-6,17H,7H2,1-2H3,(H,23,24). The number of benzene rings is 1. The number of carbonyl (C=O) groups is 2. The molecule has 0 aliphatic carbocycles. The van der Waals surface area contributed by atoms with Gasteiger partial charge in [0, 0.05) is 11.1 Å². The second-order valence-corrected chi connectivity index (χ2v) is 7.25. The fourth-order valence-corrected chi connectivity index (χ4v) is 4.14. The Bertz CT molecular complexity index is 1060. The molecule has 0 bridgehead atoms. The van der Waals surface area contributed by atoms with E-state index in [2.05, 4.69) is 0 Å². The number of rotatable bonds is 5. The van der Waals surface area contributed by atoms with Crippen LogP contribution < -0.4 is 4.74 Å². The molecular weight excluding hydrogens is 400 g/mol. The molecule has 27 heavy (non-hydrogen) atoms. The van der Waals surface area contributed by atoms with E-state index in [9.17, 15) is 23.5 Å². The molecule has 3 rings (SSSR count). The lowest BCUT2D eigenvalue weighted by Gasteiger charge is -2.07. The molecule has 1 N–H and O–H groups in total. The molecular formula is C18H14ClF2NO4S. The third kappa shape index (κ3) is 3.30. The summed E-state index contributed by atoms with van der Waals surface area (Å²) >= 11 is 7.07. The van der Waals surface area contributed by atoms with Crippen molar-refractivity contribution in [2.24, 2.45) is 0 Å². The van der Waals surface area contributed by atoms with Gasteiger partial charge in [-0.15, -0.1) is 11.3 Å². The second kappa shape index (κ2) is 7.28. The Morgan fingerprint density at radius 1 is 1.30 bits per heavy atom. The fraction of sp³-hybridized carbons (Fsp3) is 0.222. The van der Waals surface area contributed by atoms with Gasteiger partial charge in [-0.3, -0.25) is 14.2 Å². The van der Waals surface area contributed by atoms with Gasteiger partial charge in [0.2, 0.25) is 0 Å². The highest BCUT2D eigenvalue weighted by atomic mass is 35.5. The van der Waals surface area contributed by atoms with Gasteiger partial charge < -0.3 is 9.84 Å². The zero-order valence-electron chi connectivity index (χ0n) is 14.3. The van der Waals surface area contributed by atoms with Crippen LogP contribution in [0.5, 0.6) is 5.75 Å². The molecule has 3 aromatic rings. The number of alkyl halides is 2. The Hall–Kier alpha value is -2.45. The maximum absolute atomic E-state index is 13.0. The zero-order chi connectivity index (χ0) is 19.9. The van der Waals surface area contributed by atoms with Crippen LogP contribution in [0.1, 0.15) is 32.2 Å². The van der Waals surface area contributed by atoms with Gasteiger partial charge in [-0.1, -0.05) is 11.6 Å². The van der Waals surface area contributed by atoms with Crippen molar-refractivity contribution in [3.05, 3.63) is 50.3 Å². The highest BCUT2D eigenvalue weighted by Gasteiger charge is 2.25. The minimum Gasteiger partial charge on any atom is -0.495 e. The van der Waals surface area contributed by atoms with Crippen molar-refractivity contribution in [2.45, 2.75) is 19.8 Å². The van der Waals surface area contributed by atoms with Crippen molar-refractivity contribution in [1.82, 2.24) is 4.57 Å². The summed E-state index contributed by atoms with van der Waals surface area (Å²) in [5.41, 5.74) is 1.16. The van der Waals surface area contributed by atoms with Crippen LogP contribution in [0.2, 0.25) is 5.02 Å². The first-order chi connectivity index (χ1) is 12.8. The third-order valence-electron chi connectivity index (χ3n) is 4.20. The maximum Gasteiger partial charge on any atom is 0.307 e. The molecule has 0 spiro atoms. The quantitative estimate of drug-likeness (QED) is 0.644. The number of fused-ring (bicyclic) bond motifs is 1. The van der Waals surface area contributed by atoms with E-state index in [-0.39, 0.29) is 21.2 Å². The van der Waals surface area contributed by atoms with E-state index in [0.29, 0.717) is 39.2 Å². The number of aliphatic carboxylic acids is 1. The summed E-state index contributed by atoms with van der Waals surface area (Å²) in [4.78, 5) is 24.2. The van der Waals surface area contributed by atoms with E-state index in [1.165, 1.54) is 23.8 Å². The maximum atomic E-state index is 13.0. The molecule has 9 heteroatoms. The second-order valence-electron chi connectivity index (χ2n) is 5.75. The first-order valence-electron chi connectivity index (χ1n) is 7.77. The van der Waals surface area contributed by atoms with Crippen LogP contribution in [0.15, 0.2) is 24.3 Å². The number of carbonyl (C=O) groups excluding carboxylic acids is 1. The Labute approximate surface area is 161 Å². The number of carboxylic acid groups (broad SMARTS) is 1. The van der Waals surface area contributed by atoms with E-state index in [1.807, 2.05) is 0 Å². The van der Waals surface area contributed by atoms with Crippen LogP contribution >= 0.6 is 22.9 Å². The van der Waals surface area contributed by atoms with Crippen molar-refractivity contribution < 1.29 is 28.2 Å². The molecule has 0 unspecified atom stereocenters. The molecule has 0 radical (unpaired) electrons. The molecule has 0 saturated heterocycles. The molecule has 0 saturated carbocycles. The predicted octanol–water partition coefficient (Wildman–Crippen LogP) is 4.93. The largest absolute Gasteiger partial charge is 0.495 e. The lowest BCUT2D eigenvalue weighted by Crippen LogP contribution is -2.12. The normalized spacial score (nSPS) is 11.3. The van der Waals surface area contributed by atoms with Gasteiger partial charge in [0.15, 0.2) is 0 Å². The van der Waals surface area contributed by atoms with Crippen LogP contribution in [0, 0.1) is 6.92 Å². The SMILES string of the molecule is COc1ccc2c(c1Cl)c(CC(=O)O)c(C)n2C(=O)c1ccc(C(F)F)s1. The van der Waals surface area contributed by atoms with Crippen LogP contribution in [-0.2, 0) is 11.2 Å². The Morgan fingerprint density at radius 3 is 2.56 bits per heavy atom. The van der Waals surface area contributed by atoms with Gasteiger partial charge in [0.25, 0.3) is 12.3 Å². The topological polar surface area (TPSA) is 68.5 Å². The van der Waals surface area contributed by atoms with Gasteiger partial charge in [0.05, 0.1) is 33.8 Å². The molecule has 142 valence electrons. The summed E-state index contributed by atoms with van der Waals surface area (Å²) in [5.74, 6) is -1.26. The first-order valence-corrected chi connectivity index (χ1v) is 8.96. The van der Waals surface area contributed by atoms with Crippen LogP contribution in [-0.4, -0.2) is 28.7 Å². The minimum absolute atomic E-state index is 0.124. The molecule has 2 heterocycles. The molecule has 0 fully saturated rings. The van der Waals surface area contributed by atoms with Crippen molar-refractivity contribution in [3.63, 3.8) is 0 Å². The number of nitrogens with zero attached hydrogens (tertiary/aromatic N) is 1. The lowest BCUT2D eigenvalue weighted by molar-refractivity contribution is -0.136. The monoisotopic (exact) mass is 413 g/mol. The summed E-state index contributed by atoms with van der Waals surface area (Å²) in [5, 5.41) is 9.84. The van der Waals surface area contributed by atoms with Crippen molar-refractivity contribution in [3.8, 4) is 5.75 Å². The molecule has 0 aliphatic heterocycles. The summed E-state index contributed by atoms with van der Waals surface area (Å²) in [6.07, 6.45) is -3.01. The molecule has 0 aliphatic rings. The lowest BCUT2D eigenvalue weighted by atomic mass is 10.1. The van der Waals surface area contributed by atoms with Crippen LogP contribution in [0.4, 0.5) is 8.78 Å². The van der Waals surface area contributed by atoms with Gasteiger partial charge in [-0.05, 0) is 36.8 Å². The van der Waals surface area contributed by atoms with Crippen molar-refractivity contribution in [1.29, 1.82) is 0 Å².